The summed E-state index contributed by atoms with van der Waals surface area (Å²) in [6.45, 7) is 4.77. The number of aryl methyl sites for hydroxylation is 2. The standard InChI is InChI=1S/C22H23.Hf/c1-22(2)14-19-12-18-11-10-17(21(18)13-20(19)15-22)9-8-16-6-4-3-5-7-16;/h3-7,10-13H,8-9,14-15H2,1-2H3;/q-1;. The van der Waals surface area contributed by atoms with Gasteiger partial charge in [0.15, 0.2) is 0 Å². The first-order valence-corrected chi connectivity index (χ1v) is 8.35. The van der Waals surface area contributed by atoms with Crippen LogP contribution < -0.4 is 0 Å². The summed E-state index contributed by atoms with van der Waals surface area (Å²) in [6.07, 6.45) is 4.71. The zero-order chi connectivity index (χ0) is 15.2. The molecule has 0 atom stereocenters. The van der Waals surface area contributed by atoms with Crippen LogP contribution in [0.5, 0.6) is 0 Å². The molecule has 0 fully saturated rings. The maximum atomic E-state index is 2.47. The molecule has 23 heavy (non-hydrogen) atoms. The van der Waals surface area contributed by atoms with Crippen LogP contribution in [0.1, 0.15) is 36.1 Å². The van der Waals surface area contributed by atoms with E-state index in [0.29, 0.717) is 5.41 Å². The van der Waals surface area contributed by atoms with Gasteiger partial charge < -0.3 is 0 Å². The maximum Gasteiger partial charge on any atom is 0 e. The minimum Gasteiger partial charge on any atom is -0.168 e. The Kier molecular flexibility index (Phi) is 4.69. The fourth-order valence-electron chi connectivity index (χ4n) is 3.97. The van der Waals surface area contributed by atoms with Gasteiger partial charge in [-0.2, -0.15) is 6.07 Å². The third-order valence-corrected chi connectivity index (χ3v) is 5.05. The van der Waals surface area contributed by atoms with E-state index in [1.165, 1.54) is 34.7 Å². The Morgan fingerprint density at radius 2 is 1.65 bits per heavy atom. The predicted octanol–water partition coefficient (Wildman–Crippen LogP) is 5.47. The summed E-state index contributed by atoms with van der Waals surface area (Å²) in [5, 5.41) is 2.91. The molecule has 0 bridgehead atoms. The molecule has 0 spiro atoms. The molecule has 0 N–H and O–H groups in total. The average molecular weight is 466 g/mol. The van der Waals surface area contributed by atoms with Gasteiger partial charge in [-0.25, -0.2) is 0 Å². The van der Waals surface area contributed by atoms with Gasteiger partial charge in [-0.05, 0) is 30.2 Å². The van der Waals surface area contributed by atoms with Crippen molar-refractivity contribution in [1.29, 1.82) is 0 Å². The van der Waals surface area contributed by atoms with Gasteiger partial charge in [0.2, 0.25) is 0 Å². The third-order valence-electron chi connectivity index (χ3n) is 5.05. The number of fused-ring (bicyclic) bond motifs is 2. The molecule has 116 valence electrons. The normalized spacial score (nSPS) is 15.4. The molecule has 0 radical (unpaired) electrons. The fraction of sp³-hybridized carbons (Fsp3) is 0.318. The molecule has 0 saturated carbocycles. The molecule has 0 aliphatic heterocycles. The molecule has 0 saturated heterocycles. The van der Waals surface area contributed by atoms with E-state index in [9.17, 15) is 0 Å². The van der Waals surface area contributed by atoms with E-state index in [2.05, 4.69) is 68.4 Å². The summed E-state index contributed by atoms with van der Waals surface area (Å²) in [5.74, 6) is 0. The van der Waals surface area contributed by atoms with E-state index in [0.717, 1.165) is 12.8 Å². The molecule has 3 aromatic rings. The molecule has 1 aliphatic rings. The Hall–Kier alpha value is -1.08. The van der Waals surface area contributed by atoms with Crippen LogP contribution in [0.3, 0.4) is 0 Å². The second-order valence-corrected chi connectivity index (χ2v) is 7.57. The molecule has 1 aliphatic carbocycles. The zero-order valence-electron chi connectivity index (χ0n) is 14.0. The largest absolute Gasteiger partial charge is 0.168 e. The second-order valence-electron chi connectivity index (χ2n) is 7.57. The van der Waals surface area contributed by atoms with Crippen LogP contribution in [0.4, 0.5) is 0 Å². The van der Waals surface area contributed by atoms with Gasteiger partial charge in [-0.1, -0.05) is 61.7 Å². The van der Waals surface area contributed by atoms with Crippen molar-refractivity contribution in [3.05, 3.63) is 76.9 Å². The summed E-state index contributed by atoms with van der Waals surface area (Å²) in [6, 6.07) is 20.4. The summed E-state index contributed by atoms with van der Waals surface area (Å²) in [4.78, 5) is 0. The average Bonchev–Trinajstić information content (AvgIpc) is 3.01. The summed E-state index contributed by atoms with van der Waals surface area (Å²) >= 11 is 0. The van der Waals surface area contributed by atoms with E-state index in [1.54, 1.807) is 11.1 Å². The van der Waals surface area contributed by atoms with Crippen molar-refractivity contribution >= 4 is 10.8 Å². The Morgan fingerprint density at radius 3 is 2.39 bits per heavy atom. The summed E-state index contributed by atoms with van der Waals surface area (Å²) in [7, 11) is 0. The minimum atomic E-state index is 0. The van der Waals surface area contributed by atoms with E-state index in [4.69, 9.17) is 0 Å². The maximum absolute atomic E-state index is 2.47. The molecule has 4 rings (SSSR count). The molecular weight excluding hydrogens is 443 g/mol. The van der Waals surface area contributed by atoms with Crippen molar-refractivity contribution in [1.82, 2.24) is 0 Å². The van der Waals surface area contributed by atoms with E-state index in [1.807, 2.05) is 0 Å². The van der Waals surface area contributed by atoms with Crippen LogP contribution in [0.25, 0.3) is 10.8 Å². The molecule has 3 aromatic carbocycles. The van der Waals surface area contributed by atoms with Gasteiger partial charge in [0, 0.05) is 25.8 Å². The van der Waals surface area contributed by atoms with Crippen molar-refractivity contribution in [2.24, 2.45) is 5.41 Å². The van der Waals surface area contributed by atoms with Crippen molar-refractivity contribution in [2.75, 3.05) is 0 Å². The van der Waals surface area contributed by atoms with Crippen LogP contribution in [0.2, 0.25) is 0 Å². The first-order valence-electron chi connectivity index (χ1n) is 8.35. The van der Waals surface area contributed by atoms with E-state index < -0.39 is 0 Å². The number of hydrogen-bond donors (Lipinski definition) is 0. The predicted molar refractivity (Wildman–Crippen MR) is 94.6 cm³/mol. The minimum absolute atomic E-state index is 0. The topological polar surface area (TPSA) is 0 Å². The van der Waals surface area contributed by atoms with Crippen LogP contribution in [0, 0.1) is 5.41 Å². The molecule has 0 heterocycles. The van der Waals surface area contributed by atoms with Crippen LogP contribution >= 0.6 is 0 Å². The van der Waals surface area contributed by atoms with Crippen molar-refractivity contribution in [3.8, 4) is 0 Å². The van der Waals surface area contributed by atoms with Crippen LogP contribution in [-0.2, 0) is 51.5 Å². The zero-order valence-corrected chi connectivity index (χ0v) is 17.6. The smallest absolute Gasteiger partial charge is 0 e. The number of rotatable bonds is 3. The van der Waals surface area contributed by atoms with Gasteiger partial charge in [-0.15, -0.1) is 34.5 Å². The summed E-state index contributed by atoms with van der Waals surface area (Å²) < 4.78 is 0. The van der Waals surface area contributed by atoms with Gasteiger partial charge in [-0.3, -0.25) is 0 Å². The monoisotopic (exact) mass is 467 g/mol. The quantitative estimate of drug-likeness (QED) is 0.355. The third kappa shape index (κ3) is 3.40. The Bertz CT molecular complexity index is 809. The second kappa shape index (κ2) is 6.43. The van der Waals surface area contributed by atoms with Gasteiger partial charge in [0.05, 0.1) is 0 Å². The fourth-order valence-corrected chi connectivity index (χ4v) is 3.97. The van der Waals surface area contributed by atoms with E-state index in [-0.39, 0.29) is 25.8 Å². The van der Waals surface area contributed by atoms with Crippen LogP contribution in [-0.4, -0.2) is 0 Å². The molecule has 0 nitrogen and oxygen atoms in total. The van der Waals surface area contributed by atoms with Gasteiger partial charge >= 0.3 is 0 Å². The first kappa shape index (κ1) is 16.8. The molecule has 0 amide bonds. The molecule has 0 unspecified atom stereocenters. The Morgan fingerprint density at radius 1 is 0.957 bits per heavy atom. The molecule has 1 heteroatoms. The van der Waals surface area contributed by atoms with Crippen LogP contribution in [0.15, 0.2) is 54.6 Å². The van der Waals surface area contributed by atoms with Gasteiger partial charge in [0.25, 0.3) is 0 Å². The van der Waals surface area contributed by atoms with Gasteiger partial charge in [0.1, 0.15) is 0 Å². The molecular formula is C22H23Hf-. The Labute approximate surface area is 158 Å². The van der Waals surface area contributed by atoms with Crippen molar-refractivity contribution in [3.63, 3.8) is 0 Å². The number of hydrogen-bond acceptors (Lipinski definition) is 0. The molecule has 0 aromatic heterocycles. The summed E-state index contributed by atoms with van der Waals surface area (Å²) in [5.41, 5.74) is 6.51. The van der Waals surface area contributed by atoms with Crippen molar-refractivity contribution in [2.45, 2.75) is 39.5 Å². The van der Waals surface area contributed by atoms with Crippen molar-refractivity contribution < 1.29 is 25.8 Å². The Balaban J connectivity index is 0.00000156. The SMILES string of the molecule is CC1(C)Cc2cc3cc[c-](CCc4ccccc4)c3cc2C1.[Hf]. The first-order chi connectivity index (χ1) is 10.6. The van der Waals surface area contributed by atoms with E-state index >= 15 is 0 Å². The number of benzene rings is 2.